The van der Waals surface area contributed by atoms with Crippen LogP contribution in [0.3, 0.4) is 0 Å². The van der Waals surface area contributed by atoms with Crippen molar-refractivity contribution in [3.8, 4) is 5.75 Å². The van der Waals surface area contributed by atoms with Crippen LogP contribution < -0.4 is 4.74 Å². The third kappa shape index (κ3) is 4.61. The first kappa shape index (κ1) is 19.7. The number of ether oxygens (including phenoxy) is 1. The van der Waals surface area contributed by atoms with E-state index in [2.05, 4.69) is 0 Å². The SMILES string of the molecule is Cc1cc(Cl)ccc1OCC(=O)N1CCN(S(=O)(=O)c2ccccc2)CC1. The van der Waals surface area contributed by atoms with Gasteiger partial charge in [0.05, 0.1) is 4.90 Å². The summed E-state index contributed by atoms with van der Waals surface area (Å²) in [6, 6.07) is 13.5. The van der Waals surface area contributed by atoms with Gasteiger partial charge in [-0.2, -0.15) is 4.31 Å². The van der Waals surface area contributed by atoms with Crippen molar-refractivity contribution in [2.45, 2.75) is 11.8 Å². The highest BCUT2D eigenvalue weighted by molar-refractivity contribution is 7.89. The predicted molar refractivity (Wildman–Crippen MR) is 103 cm³/mol. The van der Waals surface area contributed by atoms with Crippen LogP contribution in [0.2, 0.25) is 5.02 Å². The molecule has 1 amide bonds. The minimum Gasteiger partial charge on any atom is -0.483 e. The van der Waals surface area contributed by atoms with Gasteiger partial charge in [-0.3, -0.25) is 4.79 Å². The highest BCUT2D eigenvalue weighted by Crippen LogP contribution is 2.22. The van der Waals surface area contributed by atoms with E-state index >= 15 is 0 Å². The molecule has 1 aliphatic heterocycles. The molecule has 1 heterocycles. The fourth-order valence-electron chi connectivity index (χ4n) is 2.92. The van der Waals surface area contributed by atoms with Crippen LogP contribution in [0.5, 0.6) is 5.75 Å². The largest absolute Gasteiger partial charge is 0.483 e. The van der Waals surface area contributed by atoms with Crippen LogP contribution in [0, 0.1) is 6.92 Å². The molecule has 0 N–H and O–H groups in total. The Morgan fingerprint density at radius 2 is 1.74 bits per heavy atom. The number of halogens is 1. The molecule has 3 rings (SSSR count). The van der Waals surface area contributed by atoms with Crippen molar-refractivity contribution in [1.82, 2.24) is 9.21 Å². The maximum Gasteiger partial charge on any atom is 0.260 e. The maximum atomic E-state index is 12.6. The highest BCUT2D eigenvalue weighted by Gasteiger charge is 2.30. The van der Waals surface area contributed by atoms with Gasteiger partial charge in [0.25, 0.3) is 5.91 Å². The number of hydrogen-bond acceptors (Lipinski definition) is 4. The van der Waals surface area contributed by atoms with Crippen LogP contribution in [0.1, 0.15) is 5.56 Å². The molecule has 1 aliphatic rings. The summed E-state index contributed by atoms with van der Waals surface area (Å²) in [7, 11) is -3.52. The number of nitrogens with zero attached hydrogens (tertiary/aromatic N) is 2. The highest BCUT2D eigenvalue weighted by atomic mass is 35.5. The molecular weight excluding hydrogens is 388 g/mol. The Morgan fingerprint density at radius 3 is 2.37 bits per heavy atom. The van der Waals surface area contributed by atoms with Crippen molar-refractivity contribution in [3.63, 3.8) is 0 Å². The predicted octanol–water partition coefficient (Wildman–Crippen LogP) is 2.56. The summed E-state index contributed by atoms with van der Waals surface area (Å²) in [5.74, 6) is 0.444. The number of rotatable bonds is 5. The van der Waals surface area contributed by atoms with Crippen LogP contribution in [-0.2, 0) is 14.8 Å². The van der Waals surface area contributed by atoms with E-state index in [9.17, 15) is 13.2 Å². The molecule has 0 unspecified atom stereocenters. The molecule has 2 aromatic carbocycles. The normalized spacial score (nSPS) is 15.6. The fraction of sp³-hybridized carbons (Fsp3) is 0.316. The quantitative estimate of drug-likeness (QED) is 0.762. The first-order valence-corrected chi connectivity index (χ1v) is 10.4. The molecule has 8 heteroatoms. The summed E-state index contributed by atoms with van der Waals surface area (Å²) in [4.78, 5) is 14.3. The zero-order valence-electron chi connectivity index (χ0n) is 15.0. The van der Waals surface area contributed by atoms with Crippen molar-refractivity contribution < 1.29 is 17.9 Å². The van der Waals surface area contributed by atoms with Crippen molar-refractivity contribution >= 4 is 27.5 Å². The summed E-state index contributed by atoms with van der Waals surface area (Å²) < 4.78 is 32.3. The molecule has 0 spiro atoms. The second-order valence-corrected chi connectivity index (χ2v) is 8.67. The summed E-state index contributed by atoms with van der Waals surface area (Å²) >= 11 is 5.91. The fourth-order valence-corrected chi connectivity index (χ4v) is 4.59. The summed E-state index contributed by atoms with van der Waals surface area (Å²) in [5.41, 5.74) is 0.856. The van der Waals surface area contributed by atoms with Crippen LogP contribution in [0.4, 0.5) is 0 Å². The monoisotopic (exact) mass is 408 g/mol. The van der Waals surface area contributed by atoms with Crippen LogP contribution in [-0.4, -0.2) is 56.3 Å². The molecule has 2 aromatic rings. The lowest BCUT2D eigenvalue weighted by Crippen LogP contribution is -2.51. The molecule has 0 aromatic heterocycles. The van der Waals surface area contributed by atoms with Crippen molar-refractivity contribution in [3.05, 3.63) is 59.1 Å². The van der Waals surface area contributed by atoms with E-state index in [4.69, 9.17) is 16.3 Å². The van der Waals surface area contributed by atoms with Gasteiger partial charge < -0.3 is 9.64 Å². The number of carbonyl (C=O) groups is 1. The zero-order valence-corrected chi connectivity index (χ0v) is 16.5. The topological polar surface area (TPSA) is 66.9 Å². The molecule has 0 atom stereocenters. The maximum absolute atomic E-state index is 12.6. The molecule has 1 saturated heterocycles. The third-order valence-electron chi connectivity index (χ3n) is 4.46. The van der Waals surface area contributed by atoms with E-state index in [-0.39, 0.29) is 30.5 Å². The Balaban J connectivity index is 1.55. The molecule has 27 heavy (non-hydrogen) atoms. The van der Waals surface area contributed by atoms with E-state index < -0.39 is 10.0 Å². The second kappa shape index (κ2) is 8.29. The Morgan fingerprint density at radius 1 is 1.07 bits per heavy atom. The average Bonchev–Trinajstić information content (AvgIpc) is 2.68. The van der Waals surface area contributed by atoms with Gasteiger partial charge in [-0.25, -0.2) is 8.42 Å². The number of aryl methyl sites for hydroxylation is 1. The van der Waals surface area contributed by atoms with E-state index in [1.165, 1.54) is 4.31 Å². The van der Waals surface area contributed by atoms with Gasteiger partial charge in [-0.15, -0.1) is 0 Å². The molecule has 0 bridgehead atoms. The molecule has 0 aliphatic carbocycles. The van der Waals surface area contributed by atoms with E-state index in [0.29, 0.717) is 23.9 Å². The summed E-state index contributed by atoms with van der Waals surface area (Å²) in [6.07, 6.45) is 0. The number of benzene rings is 2. The standard InChI is InChI=1S/C19H21ClN2O4S/c1-15-13-16(20)7-8-18(15)26-14-19(23)21-9-11-22(12-10-21)27(24,25)17-5-3-2-4-6-17/h2-8,13H,9-12,14H2,1H3. The van der Waals surface area contributed by atoms with Crippen LogP contribution >= 0.6 is 11.6 Å². The van der Waals surface area contributed by atoms with E-state index in [0.717, 1.165) is 5.56 Å². The number of hydrogen-bond donors (Lipinski definition) is 0. The Bertz CT molecular complexity index is 911. The smallest absolute Gasteiger partial charge is 0.260 e. The Labute approximate surface area is 164 Å². The van der Waals surface area contributed by atoms with Crippen molar-refractivity contribution in [2.75, 3.05) is 32.8 Å². The average molecular weight is 409 g/mol. The minimum absolute atomic E-state index is 0.0894. The second-order valence-electron chi connectivity index (χ2n) is 6.30. The molecule has 1 fully saturated rings. The van der Waals surface area contributed by atoms with Gasteiger partial charge in [0.1, 0.15) is 5.75 Å². The van der Waals surface area contributed by atoms with Gasteiger partial charge >= 0.3 is 0 Å². The van der Waals surface area contributed by atoms with E-state index in [1.807, 2.05) is 6.92 Å². The number of carbonyl (C=O) groups excluding carboxylic acids is 1. The first-order chi connectivity index (χ1) is 12.9. The Kier molecular flexibility index (Phi) is 6.04. The van der Waals surface area contributed by atoms with Crippen molar-refractivity contribution in [1.29, 1.82) is 0 Å². The van der Waals surface area contributed by atoms with Crippen LogP contribution in [0.15, 0.2) is 53.4 Å². The number of piperazine rings is 1. The lowest BCUT2D eigenvalue weighted by Gasteiger charge is -2.34. The Hall–Kier alpha value is -2.09. The van der Waals surface area contributed by atoms with Crippen molar-refractivity contribution in [2.24, 2.45) is 0 Å². The molecule has 6 nitrogen and oxygen atoms in total. The molecular formula is C19H21ClN2O4S. The number of amides is 1. The number of sulfonamides is 1. The van der Waals surface area contributed by atoms with Gasteiger partial charge in [0, 0.05) is 31.2 Å². The third-order valence-corrected chi connectivity index (χ3v) is 6.61. The van der Waals surface area contributed by atoms with Gasteiger partial charge in [0.2, 0.25) is 10.0 Å². The van der Waals surface area contributed by atoms with Gasteiger partial charge in [-0.05, 0) is 42.8 Å². The summed E-state index contributed by atoms with van der Waals surface area (Å²) in [6.45, 7) is 2.99. The lowest BCUT2D eigenvalue weighted by atomic mass is 10.2. The first-order valence-electron chi connectivity index (χ1n) is 8.60. The molecule has 144 valence electrons. The van der Waals surface area contributed by atoms with Crippen LogP contribution in [0.25, 0.3) is 0 Å². The molecule has 0 saturated carbocycles. The lowest BCUT2D eigenvalue weighted by molar-refractivity contribution is -0.134. The van der Waals surface area contributed by atoms with E-state index in [1.54, 1.807) is 53.4 Å². The molecule has 0 radical (unpaired) electrons. The minimum atomic E-state index is -3.52. The summed E-state index contributed by atoms with van der Waals surface area (Å²) in [5, 5.41) is 0.613. The zero-order chi connectivity index (χ0) is 19.4. The van der Waals surface area contributed by atoms with Gasteiger partial charge in [-0.1, -0.05) is 29.8 Å². The van der Waals surface area contributed by atoms with Gasteiger partial charge in [0.15, 0.2) is 6.61 Å².